The summed E-state index contributed by atoms with van der Waals surface area (Å²) in [6.45, 7) is 1.90. The van der Waals surface area contributed by atoms with E-state index >= 15 is 0 Å². The summed E-state index contributed by atoms with van der Waals surface area (Å²) in [5.74, 6) is -0.254. The molecular formula is C10H10ClNO3S. The van der Waals surface area contributed by atoms with Crippen molar-refractivity contribution < 1.29 is 13.2 Å². The van der Waals surface area contributed by atoms with E-state index in [9.17, 15) is 13.2 Å². The van der Waals surface area contributed by atoms with Gasteiger partial charge in [0, 0.05) is 22.3 Å². The van der Waals surface area contributed by atoms with Gasteiger partial charge in [0.15, 0.2) is 0 Å². The van der Waals surface area contributed by atoms with Gasteiger partial charge in [-0.1, -0.05) is 6.07 Å². The zero-order chi connectivity index (χ0) is 11.9. The van der Waals surface area contributed by atoms with Gasteiger partial charge in [0.25, 0.3) is 15.0 Å². The molecule has 0 aromatic heterocycles. The Hall–Kier alpha value is -1.07. The third kappa shape index (κ3) is 2.05. The Morgan fingerprint density at radius 2 is 2.12 bits per heavy atom. The summed E-state index contributed by atoms with van der Waals surface area (Å²) in [4.78, 5) is 11.6. The molecule has 0 bridgehead atoms. The summed E-state index contributed by atoms with van der Waals surface area (Å²) in [5, 5.41) is 2.74. The van der Waals surface area contributed by atoms with Gasteiger partial charge in [-0.25, -0.2) is 8.42 Å². The van der Waals surface area contributed by atoms with Crippen LogP contribution in [0.2, 0.25) is 0 Å². The molecule has 1 heterocycles. The van der Waals surface area contributed by atoms with Crippen molar-refractivity contribution in [3.05, 3.63) is 29.3 Å². The molecule has 2 rings (SSSR count). The average Bonchev–Trinajstić information content (AvgIpc) is 2.15. The van der Waals surface area contributed by atoms with Crippen LogP contribution in [0.1, 0.15) is 22.8 Å². The molecule has 16 heavy (non-hydrogen) atoms. The molecule has 1 aromatic carbocycles. The first-order chi connectivity index (χ1) is 7.38. The predicted octanol–water partition coefficient (Wildman–Crippen LogP) is 1.29. The fourth-order valence-corrected chi connectivity index (χ4v) is 2.56. The summed E-state index contributed by atoms with van der Waals surface area (Å²) < 4.78 is 22.2. The Labute approximate surface area is 98.0 Å². The minimum Gasteiger partial charge on any atom is -0.349 e. The highest BCUT2D eigenvalue weighted by atomic mass is 35.7. The Balaban J connectivity index is 2.55. The molecule has 0 fully saturated rings. The highest BCUT2D eigenvalue weighted by Crippen LogP contribution is 2.22. The number of carbonyl (C=O) groups is 1. The quantitative estimate of drug-likeness (QED) is 0.773. The van der Waals surface area contributed by atoms with Gasteiger partial charge in [-0.2, -0.15) is 0 Å². The van der Waals surface area contributed by atoms with Crippen LogP contribution in [-0.4, -0.2) is 20.4 Å². The largest absolute Gasteiger partial charge is 0.349 e. The smallest absolute Gasteiger partial charge is 0.261 e. The summed E-state index contributed by atoms with van der Waals surface area (Å²) in [6, 6.07) is 4.45. The van der Waals surface area contributed by atoms with Crippen molar-refractivity contribution in [1.82, 2.24) is 5.32 Å². The number of carbonyl (C=O) groups excluding carboxylic acids is 1. The Kier molecular flexibility index (Phi) is 2.67. The first kappa shape index (κ1) is 11.4. The van der Waals surface area contributed by atoms with Gasteiger partial charge in [0.2, 0.25) is 0 Å². The molecule has 0 saturated heterocycles. The summed E-state index contributed by atoms with van der Waals surface area (Å²) >= 11 is 0. The van der Waals surface area contributed by atoms with Crippen LogP contribution < -0.4 is 5.32 Å². The Bertz CT molecular complexity index is 553. The van der Waals surface area contributed by atoms with Gasteiger partial charge >= 0.3 is 0 Å². The average molecular weight is 260 g/mol. The molecule has 4 nitrogen and oxygen atoms in total. The van der Waals surface area contributed by atoms with Crippen molar-refractivity contribution in [3.8, 4) is 0 Å². The van der Waals surface area contributed by atoms with Gasteiger partial charge in [-0.3, -0.25) is 4.79 Å². The van der Waals surface area contributed by atoms with Crippen LogP contribution in [0.3, 0.4) is 0 Å². The van der Waals surface area contributed by atoms with Gasteiger partial charge in [0.1, 0.15) is 0 Å². The van der Waals surface area contributed by atoms with Crippen molar-refractivity contribution in [1.29, 1.82) is 0 Å². The lowest BCUT2D eigenvalue weighted by atomic mass is 9.96. The van der Waals surface area contributed by atoms with Crippen LogP contribution in [0.5, 0.6) is 0 Å². The van der Waals surface area contributed by atoms with Crippen LogP contribution in [-0.2, 0) is 15.5 Å². The molecule has 0 saturated carbocycles. The van der Waals surface area contributed by atoms with E-state index in [1.165, 1.54) is 12.1 Å². The first-order valence-corrected chi connectivity index (χ1v) is 7.07. The molecular weight excluding hydrogens is 250 g/mol. The standard InChI is InChI=1S/C10H10ClNO3S/c1-6-4-7-2-3-8(16(11,14)15)5-9(7)10(13)12-6/h2-3,5-6H,4H2,1H3,(H,12,13)/t6-/m1/s1. The normalized spacial score (nSPS) is 20.1. The molecule has 1 aliphatic heterocycles. The molecule has 0 spiro atoms. The van der Waals surface area contributed by atoms with Crippen molar-refractivity contribution in [2.75, 3.05) is 0 Å². The zero-order valence-corrected chi connectivity index (χ0v) is 10.1. The van der Waals surface area contributed by atoms with Crippen molar-refractivity contribution >= 4 is 25.6 Å². The summed E-state index contributed by atoms with van der Waals surface area (Å²) in [6.07, 6.45) is 0.698. The molecule has 6 heteroatoms. The molecule has 0 radical (unpaired) electrons. The lowest BCUT2D eigenvalue weighted by molar-refractivity contribution is 0.0929. The van der Waals surface area contributed by atoms with Gasteiger partial charge < -0.3 is 5.32 Å². The van der Waals surface area contributed by atoms with Crippen LogP contribution in [0.15, 0.2) is 23.1 Å². The number of rotatable bonds is 1. The second-order valence-corrected chi connectivity index (χ2v) is 6.40. The zero-order valence-electron chi connectivity index (χ0n) is 8.53. The number of benzene rings is 1. The van der Waals surface area contributed by atoms with Gasteiger partial charge in [0.05, 0.1) is 4.90 Å². The van der Waals surface area contributed by atoms with Crippen LogP contribution in [0.25, 0.3) is 0 Å². The maximum atomic E-state index is 11.6. The minimum absolute atomic E-state index is 0.0439. The number of halogens is 1. The fraction of sp³-hybridized carbons (Fsp3) is 0.300. The Morgan fingerprint density at radius 1 is 1.44 bits per heavy atom. The van der Waals surface area contributed by atoms with E-state index in [-0.39, 0.29) is 16.8 Å². The molecule has 1 atom stereocenters. The predicted molar refractivity (Wildman–Crippen MR) is 60.1 cm³/mol. The molecule has 1 N–H and O–H groups in total. The van der Waals surface area contributed by atoms with E-state index in [0.717, 1.165) is 5.56 Å². The SMILES string of the molecule is C[C@@H]1Cc2ccc(S(=O)(=O)Cl)cc2C(=O)N1. The maximum absolute atomic E-state index is 11.6. The summed E-state index contributed by atoms with van der Waals surface area (Å²) in [5.41, 5.74) is 1.24. The third-order valence-corrected chi connectivity index (χ3v) is 3.86. The van der Waals surface area contributed by atoms with E-state index in [0.29, 0.717) is 12.0 Å². The first-order valence-electron chi connectivity index (χ1n) is 4.76. The van der Waals surface area contributed by atoms with Crippen LogP contribution in [0.4, 0.5) is 0 Å². The van der Waals surface area contributed by atoms with Crippen molar-refractivity contribution in [2.24, 2.45) is 0 Å². The molecule has 0 aliphatic carbocycles. The number of nitrogens with one attached hydrogen (secondary N) is 1. The van der Waals surface area contributed by atoms with E-state index in [4.69, 9.17) is 10.7 Å². The van der Waals surface area contributed by atoms with Crippen LogP contribution >= 0.6 is 10.7 Å². The molecule has 1 amide bonds. The lowest BCUT2D eigenvalue weighted by Crippen LogP contribution is -2.39. The molecule has 86 valence electrons. The monoisotopic (exact) mass is 259 g/mol. The van der Waals surface area contributed by atoms with E-state index in [1.54, 1.807) is 6.07 Å². The Morgan fingerprint density at radius 3 is 2.75 bits per heavy atom. The second kappa shape index (κ2) is 3.75. The van der Waals surface area contributed by atoms with Crippen molar-refractivity contribution in [3.63, 3.8) is 0 Å². The molecule has 1 aromatic rings. The van der Waals surface area contributed by atoms with Crippen molar-refractivity contribution in [2.45, 2.75) is 24.3 Å². The van der Waals surface area contributed by atoms with E-state index < -0.39 is 9.05 Å². The second-order valence-electron chi connectivity index (χ2n) is 3.84. The number of hydrogen-bond donors (Lipinski definition) is 1. The van der Waals surface area contributed by atoms with E-state index in [1.807, 2.05) is 6.92 Å². The minimum atomic E-state index is -3.78. The number of hydrogen-bond acceptors (Lipinski definition) is 3. The summed E-state index contributed by atoms with van der Waals surface area (Å²) in [7, 11) is 1.44. The lowest BCUT2D eigenvalue weighted by Gasteiger charge is -2.22. The fourth-order valence-electron chi connectivity index (χ4n) is 1.78. The van der Waals surface area contributed by atoms with Gasteiger partial charge in [-0.15, -0.1) is 0 Å². The molecule has 0 unspecified atom stereocenters. The molecule has 1 aliphatic rings. The number of fused-ring (bicyclic) bond motifs is 1. The third-order valence-electron chi connectivity index (χ3n) is 2.51. The topological polar surface area (TPSA) is 63.2 Å². The maximum Gasteiger partial charge on any atom is 0.261 e. The highest BCUT2D eigenvalue weighted by Gasteiger charge is 2.23. The van der Waals surface area contributed by atoms with Crippen LogP contribution in [0, 0.1) is 0 Å². The van der Waals surface area contributed by atoms with Gasteiger partial charge in [-0.05, 0) is 31.0 Å². The number of amides is 1. The highest BCUT2D eigenvalue weighted by molar-refractivity contribution is 8.13. The van der Waals surface area contributed by atoms with E-state index in [2.05, 4.69) is 5.32 Å².